The second kappa shape index (κ2) is 6.58. The number of thiazole rings is 1. The van der Waals surface area contributed by atoms with Crippen molar-refractivity contribution in [3.05, 3.63) is 45.4 Å². The first-order chi connectivity index (χ1) is 10.3. The molecule has 0 saturated heterocycles. The van der Waals surface area contributed by atoms with E-state index in [2.05, 4.69) is 24.4 Å². The van der Waals surface area contributed by atoms with Gasteiger partial charge in [-0.25, -0.2) is 4.98 Å². The first-order valence-electron chi connectivity index (χ1n) is 7.67. The van der Waals surface area contributed by atoms with Gasteiger partial charge in [0, 0.05) is 4.88 Å². The fraction of sp³-hybridized carbons (Fsp3) is 0.471. The zero-order valence-electron chi connectivity index (χ0n) is 12.7. The highest BCUT2D eigenvalue weighted by molar-refractivity contribution is 7.11. The predicted octanol–water partition coefficient (Wildman–Crippen LogP) is 3.73. The lowest BCUT2D eigenvalue weighted by Gasteiger charge is -2.17. The minimum absolute atomic E-state index is 0.200. The topological polar surface area (TPSA) is 34.1 Å². The number of aromatic nitrogens is 1. The van der Waals surface area contributed by atoms with E-state index in [0.717, 1.165) is 25.1 Å². The van der Waals surface area contributed by atoms with E-state index in [-0.39, 0.29) is 6.04 Å². The smallest absolute Gasteiger partial charge is 0.118 e. The summed E-state index contributed by atoms with van der Waals surface area (Å²) < 4.78 is 5.25. The summed E-state index contributed by atoms with van der Waals surface area (Å²) in [5.74, 6) is 0.898. The Hall–Kier alpha value is -1.39. The van der Waals surface area contributed by atoms with Gasteiger partial charge in [-0.2, -0.15) is 0 Å². The summed E-state index contributed by atoms with van der Waals surface area (Å²) in [6.07, 6.45) is 4.74. The van der Waals surface area contributed by atoms with Crippen molar-refractivity contribution in [3.63, 3.8) is 0 Å². The molecule has 0 aliphatic heterocycles. The molecule has 3 nitrogen and oxygen atoms in total. The normalized spacial score (nSPS) is 15.0. The van der Waals surface area contributed by atoms with Crippen LogP contribution in [0.1, 0.15) is 46.9 Å². The van der Waals surface area contributed by atoms with E-state index in [1.54, 1.807) is 7.11 Å². The van der Waals surface area contributed by atoms with Gasteiger partial charge in [0.2, 0.25) is 0 Å². The van der Waals surface area contributed by atoms with Gasteiger partial charge in [-0.05, 0) is 49.9 Å². The van der Waals surface area contributed by atoms with Crippen molar-refractivity contribution in [1.29, 1.82) is 0 Å². The molecular weight excluding hydrogens is 280 g/mol. The van der Waals surface area contributed by atoms with Gasteiger partial charge in [0.1, 0.15) is 10.8 Å². The van der Waals surface area contributed by atoms with Crippen LogP contribution in [0, 0.1) is 0 Å². The summed E-state index contributed by atoms with van der Waals surface area (Å²) in [7, 11) is 1.70. The van der Waals surface area contributed by atoms with Crippen LogP contribution in [0.25, 0.3) is 0 Å². The van der Waals surface area contributed by atoms with Crippen LogP contribution in [0.3, 0.4) is 0 Å². The number of nitrogens with one attached hydrogen (secondary N) is 1. The number of fused-ring (bicyclic) bond motifs is 1. The van der Waals surface area contributed by atoms with Gasteiger partial charge < -0.3 is 10.1 Å². The molecule has 1 heterocycles. The molecule has 0 amide bonds. The number of nitrogens with zero attached hydrogens (tertiary/aromatic N) is 1. The van der Waals surface area contributed by atoms with Gasteiger partial charge in [-0.3, -0.25) is 0 Å². The molecule has 0 fully saturated rings. The van der Waals surface area contributed by atoms with Crippen molar-refractivity contribution in [3.8, 4) is 5.75 Å². The van der Waals surface area contributed by atoms with Gasteiger partial charge in [0.25, 0.3) is 0 Å². The molecule has 1 aromatic carbocycles. The lowest BCUT2D eigenvalue weighted by molar-refractivity contribution is 0.414. The highest BCUT2D eigenvalue weighted by Crippen LogP contribution is 2.33. The molecule has 4 heteroatoms. The number of hydrogen-bond acceptors (Lipinski definition) is 4. The number of benzene rings is 1. The predicted molar refractivity (Wildman–Crippen MR) is 87.3 cm³/mol. The minimum atomic E-state index is 0.200. The van der Waals surface area contributed by atoms with Crippen LogP contribution in [0.2, 0.25) is 0 Å². The minimum Gasteiger partial charge on any atom is -0.497 e. The summed E-state index contributed by atoms with van der Waals surface area (Å²) in [5.41, 5.74) is 2.59. The van der Waals surface area contributed by atoms with Crippen molar-refractivity contribution in [1.82, 2.24) is 10.3 Å². The lowest BCUT2D eigenvalue weighted by atomic mass is 10.1. The molecule has 0 saturated carbocycles. The van der Waals surface area contributed by atoms with Gasteiger partial charge in [0.15, 0.2) is 0 Å². The Labute approximate surface area is 130 Å². The maximum atomic E-state index is 5.25. The summed E-state index contributed by atoms with van der Waals surface area (Å²) in [6.45, 7) is 3.20. The molecule has 2 aromatic rings. The molecule has 0 radical (unpaired) electrons. The zero-order chi connectivity index (χ0) is 14.7. The average molecular weight is 302 g/mol. The molecule has 1 unspecified atom stereocenters. The Morgan fingerprint density at radius 3 is 2.76 bits per heavy atom. The number of ether oxygens (including phenoxy) is 1. The molecule has 112 valence electrons. The van der Waals surface area contributed by atoms with Crippen LogP contribution in [0.5, 0.6) is 5.75 Å². The molecule has 1 aliphatic carbocycles. The average Bonchev–Trinajstić information content (AvgIpc) is 3.10. The van der Waals surface area contributed by atoms with E-state index < -0.39 is 0 Å². The van der Waals surface area contributed by atoms with Crippen LogP contribution in [0.15, 0.2) is 24.3 Å². The molecule has 0 bridgehead atoms. The highest BCUT2D eigenvalue weighted by Gasteiger charge is 2.22. The zero-order valence-corrected chi connectivity index (χ0v) is 13.5. The first kappa shape index (κ1) is 14.5. The number of rotatable bonds is 6. The highest BCUT2D eigenvalue weighted by atomic mass is 32.1. The third-order valence-corrected chi connectivity index (χ3v) is 5.13. The molecule has 1 atom stereocenters. The summed E-state index contributed by atoms with van der Waals surface area (Å²) >= 11 is 1.88. The largest absolute Gasteiger partial charge is 0.497 e. The van der Waals surface area contributed by atoms with Gasteiger partial charge in [0.05, 0.1) is 18.8 Å². The van der Waals surface area contributed by atoms with E-state index in [1.165, 1.54) is 34.0 Å². The molecular formula is C17H22N2OS. The monoisotopic (exact) mass is 302 g/mol. The van der Waals surface area contributed by atoms with E-state index in [0.29, 0.717) is 0 Å². The van der Waals surface area contributed by atoms with E-state index >= 15 is 0 Å². The van der Waals surface area contributed by atoms with Gasteiger partial charge in [-0.1, -0.05) is 19.1 Å². The second-order valence-electron chi connectivity index (χ2n) is 5.44. The molecule has 3 rings (SSSR count). The fourth-order valence-electron chi connectivity index (χ4n) is 2.77. The molecule has 1 N–H and O–H groups in total. The van der Waals surface area contributed by atoms with Crippen molar-refractivity contribution >= 4 is 11.3 Å². The Morgan fingerprint density at radius 2 is 2.10 bits per heavy atom. The van der Waals surface area contributed by atoms with Crippen LogP contribution >= 0.6 is 11.3 Å². The lowest BCUT2D eigenvalue weighted by Crippen LogP contribution is -2.23. The number of methoxy groups -OCH3 is 1. The van der Waals surface area contributed by atoms with Crippen LogP contribution in [0.4, 0.5) is 0 Å². The van der Waals surface area contributed by atoms with E-state index in [4.69, 9.17) is 9.72 Å². The molecule has 1 aromatic heterocycles. The van der Waals surface area contributed by atoms with Crippen molar-refractivity contribution < 1.29 is 4.74 Å². The number of aryl methyl sites for hydroxylation is 2. The molecule has 1 aliphatic rings. The van der Waals surface area contributed by atoms with Crippen LogP contribution < -0.4 is 10.1 Å². The van der Waals surface area contributed by atoms with Gasteiger partial charge >= 0.3 is 0 Å². The molecule has 21 heavy (non-hydrogen) atoms. The van der Waals surface area contributed by atoms with Crippen LogP contribution in [-0.2, 0) is 12.8 Å². The van der Waals surface area contributed by atoms with Gasteiger partial charge in [-0.15, -0.1) is 11.3 Å². The Morgan fingerprint density at radius 1 is 1.29 bits per heavy atom. The molecule has 0 spiro atoms. The Kier molecular flexibility index (Phi) is 4.56. The second-order valence-corrected chi connectivity index (χ2v) is 6.55. The maximum Gasteiger partial charge on any atom is 0.118 e. The quantitative estimate of drug-likeness (QED) is 0.883. The maximum absolute atomic E-state index is 5.25. The van der Waals surface area contributed by atoms with Crippen molar-refractivity contribution in [2.24, 2.45) is 0 Å². The van der Waals surface area contributed by atoms with Crippen molar-refractivity contribution in [2.75, 3.05) is 13.7 Å². The summed E-state index contributed by atoms with van der Waals surface area (Å²) in [5, 5.41) is 4.84. The van der Waals surface area contributed by atoms with Crippen LogP contribution in [-0.4, -0.2) is 18.6 Å². The SMILES string of the molecule is CCCNC(c1ccc(OC)cc1)c1nc2c(s1)CCC2. The van der Waals surface area contributed by atoms with E-state index in [9.17, 15) is 0 Å². The van der Waals surface area contributed by atoms with Crippen molar-refractivity contribution in [2.45, 2.75) is 38.6 Å². The Balaban J connectivity index is 1.88. The standard InChI is InChI=1S/C17H22N2OS/c1-3-11-18-16(12-7-9-13(20-2)10-8-12)17-19-14-5-4-6-15(14)21-17/h7-10,16,18H,3-6,11H2,1-2H3. The summed E-state index contributed by atoms with van der Waals surface area (Å²) in [6, 6.07) is 8.53. The van der Waals surface area contributed by atoms with E-state index in [1.807, 2.05) is 23.5 Å². The number of hydrogen-bond donors (Lipinski definition) is 1. The Bertz CT molecular complexity index is 570. The third kappa shape index (κ3) is 3.11. The first-order valence-corrected chi connectivity index (χ1v) is 8.49. The fourth-order valence-corrected chi connectivity index (χ4v) is 4.02. The summed E-state index contributed by atoms with van der Waals surface area (Å²) in [4.78, 5) is 6.38. The third-order valence-electron chi connectivity index (χ3n) is 3.91.